The summed E-state index contributed by atoms with van der Waals surface area (Å²) >= 11 is 0. The van der Waals surface area contributed by atoms with Crippen LogP contribution in [0.15, 0.2) is 12.8 Å². The summed E-state index contributed by atoms with van der Waals surface area (Å²) < 4.78 is 59.0. The van der Waals surface area contributed by atoms with Gasteiger partial charge in [-0.3, -0.25) is 0 Å². The van der Waals surface area contributed by atoms with Crippen LogP contribution in [0.25, 0.3) is 0 Å². The van der Waals surface area contributed by atoms with E-state index < -0.39 is 0 Å². The first-order valence-electron chi connectivity index (χ1n) is 12.8. The van der Waals surface area contributed by atoms with Gasteiger partial charge in [-0.1, -0.05) is 6.58 Å². The molecule has 0 saturated carbocycles. The van der Waals surface area contributed by atoms with Crippen LogP contribution in [0.1, 0.15) is 13.8 Å². The SMILES string of the molecule is C=COCCOCCOCCOCCOCCOCCOCCOCCOCCOCCOC(C)C. The van der Waals surface area contributed by atoms with Gasteiger partial charge in [-0.25, -0.2) is 0 Å². The van der Waals surface area contributed by atoms with Gasteiger partial charge in [0.15, 0.2) is 0 Å². The van der Waals surface area contributed by atoms with Crippen molar-refractivity contribution in [3.05, 3.63) is 12.8 Å². The van der Waals surface area contributed by atoms with Gasteiger partial charge in [0.2, 0.25) is 0 Å². The molecule has 36 heavy (non-hydrogen) atoms. The molecule has 0 spiro atoms. The van der Waals surface area contributed by atoms with E-state index >= 15 is 0 Å². The minimum Gasteiger partial charge on any atom is -0.499 e. The van der Waals surface area contributed by atoms with Crippen LogP contribution in [-0.4, -0.2) is 138 Å². The summed E-state index contributed by atoms with van der Waals surface area (Å²) in [6.45, 7) is 18.2. The molecule has 0 unspecified atom stereocenters. The number of ether oxygens (including phenoxy) is 11. The van der Waals surface area contributed by atoms with E-state index in [4.69, 9.17) is 52.1 Å². The lowest BCUT2D eigenvalue weighted by atomic mass is 10.5. The molecule has 11 heteroatoms. The molecule has 0 aliphatic heterocycles. The van der Waals surface area contributed by atoms with Crippen LogP contribution in [0, 0.1) is 0 Å². The topological polar surface area (TPSA) is 102 Å². The Bertz CT molecular complexity index is 413. The quantitative estimate of drug-likeness (QED) is 0.0946. The minimum absolute atomic E-state index is 0.235. The van der Waals surface area contributed by atoms with Crippen LogP contribution in [0.4, 0.5) is 0 Å². The van der Waals surface area contributed by atoms with E-state index in [1.165, 1.54) is 6.26 Å². The van der Waals surface area contributed by atoms with Crippen molar-refractivity contribution in [1.82, 2.24) is 0 Å². The second-order valence-electron chi connectivity index (χ2n) is 7.47. The lowest BCUT2D eigenvalue weighted by Crippen LogP contribution is -2.15. The van der Waals surface area contributed by atoms with Crippen molar-refractivity contribution in [2.24, 2.45) is 0 Å². The smallest absolute Gasteiger partial charge is 0.111 e. The molecule has 0 radical (unpaired) electrons. The van der Waals surface area contributed by atoms with Gasteiger partial charge in [-0.2, -0.15) is 0 Å². The molecular formula is C25H50O11. The molecule has 0 aromatic carbocycles. The summed E-state index contributed by atoms with van der Waals surface area (Å²) in [4.78, 5) is 0. The molecule has 0 bridgehead atoms. The van der Waals surface area contributed by atoms with Gasteiger partial charge in [-0.05, 0) is 13.8 Å². The van der Waals surface area contributed by atoms with Gasteiger partial charge in [-0.15, -0.1) is 0 Å². The van der Waals surface area contributed by atoms with Crippen molar-refractivity contribution in [3.8, 4) is 0 Å². The summed E-state index contributed by atoms with van der Waals surface area (Å²) in [6, 6.07) is 0. The average Bonchev–Trinajstić information content (AvgIpc) is 2.87. The summed E-state index contributed by atoms with van der Waals surface area (Å²) in [5.74, 6) is 0. The van der Waals surface area contributed by atoms with Crippen LogP contribution < -0.4 is 0 Å². The Morgan fingerprint density at radius 2 is 0.611 bits per heavy atom. The Balaban J connectivity index is 3.02. The number of hydrogen-bond donors (Lipinski definition) is 0. The fourth-order valence-corrected chi connectivity index (χ4v) is 2.39. The first-order chi connectivity index (χ1) is 17.8. The van der Waals surface area contributed by atoms with E-state index in [9.17, 15) is 0 Å². The molecule has 0 aromatic rings. The van der Waals surface area contributed by atoms with Gasteiger partial charge >= 0.3 is 0 Å². The monoisotopic (exact) mass is 526 g/mol. The summed E-state index contributed by atoms with van der Waals surface area (Å²) in [5.41, 5.74) is 0. The van der Waals surface area contributed by atoms with E-state index in [1.807, 2.05) is 13.8 Å². The Hall–Kier alpha value is -0.860. The van der Waals surface area contributed by atoms with Crippen LogP contribution in [0.5, 0.6) is 0 Å². The number of rotatable bonds is 32. The van der Waals surface area contributed by atoms with Gasteiger partial charge in [0.1, 0.15) is 6.61 Å². The van der Waals surface area contributed by atoms with E-state index in [0.717, 1.165) is 0 Å². The molecular weight excluding hydrogens is 476 g/mol. The molecule has 0 aliphatic carbocycles. The molecule has 0 rings (SSSR count). The third-order valence-electron chi connectivity index (χ3n) is 4.12. The minimum atomic E-state index is 0.235. The number of hydrogen-bond acceptors (Lipinski definition) is 11. The fourth-order valence-electron chi connectivity index (χ4n) is 2.39. The Morgan fingerprint density at radius 3 is 0.833 bits per heavy atom. The predicted molar refractivity (Wildman–Crippen MR) is 135 cm³/mol. The van der Waals surface area contributed by atoms with E-state index in [0.29, 0.717) is 132 Å². The molecule has 0 N–H and O–H groups in total. The summed E-state index contributed by atoms with van der Waals surface area (Å²) in [7, 11) is 0. The van der Waals surface area contributed by atoms with Crippen molar-refractivity contribution in [3.63, 3.8) is 0 Å². The largest absolute Gasteiger partial charge is 0.499 e. The normalized spacial score (nSPS) is 11.4. The maximum atomic E-state index is 5.45. The molecule has 0 aliphatic rings. The third-order valence-corrected chi connectivity index (χ3v) is 4.12. The zero-order valence-electron chi connectivity index (χ0n) is 22.5. The Kier molecular flexibility index (Phi) is 31.4. The lowest BCUT2D eigenvalue weighted by molar-refractivity contribution is -0.0282. The average molecular weight is 527 g/mol. The van der Waals surface area contributed by atoms with E-state index in [1.54, 1.807) is 0 Å². The highest BCUT2D eigenvalue weighted by molar-refractivity contribution is 4.47. The molecule has 216 valence electrons. The zero-order valence-corrected chi connectivity index (χ0v) is 22.5. The molecule has 0 fully saturated rings. The van der Waals surface area contributed by atoms with Crippen molar-refractivity contribution in [2.45, 2.75) is 20.0 Å². The zero-order chi connectivity index (χ0) is 26.2. The molecule has 0 heterocycles. The lowest BCUT2D eigenvalue weighted by Gasteiger charge is -2.09. The Labute approximate surface area is 217 Å². The van der Waals surface area contributed by atoms with Crippen LogP contribution in [0.3, 0.4) is 0 Å². The van der Waals surface area contributed by atoms with Crippen molar-refractivity contribution in [2.75, 3.05) is 132 Å². The van der Waals surface area contributed by atoms with E-state index in [2.05, 4.69) is 6.58 Å². The standard InChI is InChI=1S/C25H50O11/c1-4-26-5-6-27-7-8-28-9-10-29-11-12-30-13-14-31-15-16-32-17-18-33-19-20-34-21-22-35-23-24-36-25(2)3/h4,25H,1,5-24H2,2-3H3. The highest BCUT2D eigenvalue weighted by Crippen LogP contribution is 1.88. The second kappa shape index (κ2) is 32.2. The van der Waals surface area contributed by atoms with Crippen molar-refractivity contribution in [1.29, 1.82) is 0 Å². The van der Waals surface area contributed by atoms with Crippen LogP contribution in [0.2, 0.25) is 0 Å². The van der Waals surface area contributed by atoms with Gasteiger partial charge in [0.25, 0.3) is 0 Å². The first-order valence-corrected chi connectivity index (χ1v) is 12.8. The summed E-state index contributed by atoms with van der Waals surface area (Å²) in [6.07, 6.45) is 1.63. The molecule has 0 atom stereocenters. The molecule has 0 aromatic heterocycles. The molecule has 0 amide bonds. The van der Waals surface area contributed by atoms with Crippen LogP contribution >= 0.6 is 0 Å². The van der Waals surface area contributed by atoms with Gasteiger partial charge in [0.05, 0.1) is 138 Å². The molecule has 11 nitrogen and oxygen atoms in total. The Morgan fingerprint density at radius 1 is 0.389 bits per heavy atom. The van der Waals surface area contributed by atoms with Crippen molar-refractivity contribution < 1.29 is 52.1 Å². The predicted octanol–water partition coefficient (Wildman–Crippen LogP) is 1.72. The van der Waals surface area contributed by atoms with Crippen molar-refractivity contribution >= 4 is 0 Å². The van der Waals surface area contributed by atoms with Crippen LogP contribution in [-0.2, 0) is 52.1 Å². The maximum absolute atomic E-state index is 5.45. The highest BCUT2D eigenvalue weighted by atomic mass is 16.6. The summed E-state index contributed by atoms with van der Waals surface area (Å²) in [5, 5.41) is 0. The molecule has 0 saturated heterocycles. The van der Waals surface area contributed by atoms with Gasteiger partial charge < -0.3 is 52.1 Å². The third kappa shape index (κ3) is 33.1. The van der Waals surface area contributed by atoms with E-state index in [-0.39, 0.29) is 6.10 Å². The first kappa shape index (κ1) is 35.1. The second-order valence-corrected chi connectivity index (χ2v) is 7.47. The van der Waals surface area contributed by atoms with Gasteiger partial charge in [0, 0.05) is 0 Å². The fraction of sp³-hybridized carbons (Fsp3) is 0.920. The highest BCUT2D eigenvalue weighted by Gasteiger charge is 1.96. The maximum Gasteiger partial charge on any atom is 0.111 e.